The standard InChI is InChI=1S/C50H56O9/c1-52-49-47(51)44(34-53-29-37-16-6-2-7-17-37)59-50(49)58-36-46(56-32-39-20-10-4-11-21-39)48(57-33-40-22-12-5-13-23-40)45(55-31-38-18-8-3-9-19-38)35-54-30-41-26-27-42-24-14-15-25-43(42)28-41/h2-14,16-24,26-28,44-51H,15,25,29-36H2,1H3. The lowest BCUT2D eigenvalue weighted by molar-refractivity contribution is -0.221. The van der Waals surface area contributed by atoms with Gasteiger partial charge in [0.25, 0.3) is 0 Å². The van der Waals surface area contributed by atoms with Crippen LogP contribution in [0.4, 0.5) is 0 Å². The molecule has 5 aromatic rings. The normalized spacial score (nSPS) is 20.2. The molecule has 2 aliphatic rings. The van der Waals surface area contributed by atoms with Crippen LogP contribution in [0, 0.1) is 0 Å². The first kappa shape index (κ1) is 42.6. The van der Waals surface area contributed by atoms with Gasteiger partial charge in [0, 0.05) is 7.11 Å². The van der Waals surface area contributed by atoms with E-state index in [0.717, 1.165) is 40.7 Å². The van der Waals surface area contributed by atoms with E-state index in [4.69, 9.17) is 37.9 Å². The fourth-order valence-corrected chi connectivity index (χ4v) is 7.40. The van der Waals surface area contributed by atoms with Crippen molar-refractivity contribution in [2.24, 2.45) is 0 Å². The molecule has 1 fully saturated rings. The van der Waals surface area contributed by atoms with Crippen LogP contribution < -0.4 is 0 Å². The number of hydrogen-bond donors (Lipinski definition) is 1. The van der Waals surface area contributed by atoms with Crippen LogP contribution >= 0.6 is 0 Å². The van der Waals surface area contributed by atoms with Gasteiger partial charge in [0.15, 0.2) is 6.29 Å². The first-order valence-electron chi connectivity index (χ1n) is 20.5. The van der Waals surface area contributed by atoms with E-state index in [9.17, 15) is 5.11 Å². The number of rotatable bonds is 23. The van der Waals surface area contributed by atoms with Crippen molar-refractivity contribution in [3.63, 3.8) is 0 Å². The van der Waals surface area contributed by atoms with Crippen molar-refractivity contribution >= 4 is 6.08 Å². The van der Waals surface area contributed by atoms with Gasteiger partial charge in [0.1, 0.15) is 36.6 Å². The Balaban J connectivity index is 1.12. The second-order valence-corrected chi connectivity index (χ2v) is 15.0. The summed E-state index contributed by atoms with van der Waals surface area (Å²) in [5, 5.41) is 11.3. The van der Waals surface area contributed by atoms with Gasteiger partial charge in [-0.1, -0.05) is 152 Å². The number of allylic oxidation sites excluding steroid dienone is 1. The second kappa shape index (κ2) is 22.7. The van der Waals surface area contributed by atoms with Crippen LogP contribution in [-0.4, -0.2) is 75.0 Å². The molecule has 1 heterocycles. The van der Waals surface area contributed by atoms with E-state index in [2.05, 4.69) is 30.4 Å². The van der Waals surface area contributed by atoms with E-state index < -0.39 is 42.9 Å². The van der Waals surface area contributed by atoms with Crippen molar-refractivity contribution in [1.82, 2.24) is 0 Å². The predicted octanol–water partition coefficient (Wildman–Crippen LogP) is 8.25. The van der Waals surface area contributed by atoms with Gasteiger partial charge >= 0.3 is 0 Å². The molecule has 5 aromatic carbocycles. The zero-order valence-electron chi connectivity index (χ0n) is 33.8. The number of hydrogen-bond acceptors (Lipinski definition) is 9. The zero-order chi connectivity index (χ0) is 40.5. The summed E-state index contributed by atoms with van der Waals surface area (Å²) in [6.45, 7) is 2.19. The Hall–Kier alpha value is -4.52. The smallest absolute Gasteiger partial charge is 0.187 e. The largest absolute Gasteiger partial charge is 0.387 e. The van der Waals surface area contributed by atoms with Crippen molar-refractivity contribution < 1.29 is 43.0 Å². The summed E-state index contributed by atoms with van der Waals surface area (Å²) in [5.41, 5.74) is 7.76. The summed E-state index contributed by atoms with van der Waals surface area (Å²) in [6, 6.07) is 46.5. The molecule has 1 N–H and O–H groups in total. The molecule has 7 atom stereocenters. The lowest BCUT2D eigenvalue weighted by Crippen LogP contribution is -2.48. The summed E-state index contributed by atoms with van der Waals surface area (Å²) in [4.78, 5) is 0. The molecule has 0 radical (unpaired) electrons. The van der Waals surface area contributed by atoms with E-state index in [0.29, 0.717) is 33.0 Å². The topological polar surface area (TPSA) is 94.1 Å². The maximum absolute atomic E-state index is 11.3. The predicted molar refractivity (Wildman–Crippen MR) is 226 cm³/mol. The number of ether oxygens (including phenoxy) is 8. The third-order valence-corrected chi connectivity index (χ3v) is 10.7. The van der Waals surface area contributed by atoms with Crippen molar-refractivity contribution in [3.05, 3.63) is 185 Å². The molecular weight excluding hydrogens is 745 g/mol. The number of methoxy groups -OCH3 is 1. The van der Waals surface area contributed by atoms with Crippen LogP contribution in [0.2, 0.25) is 0 Å². The van der Waals surface area contributed by atoms with Crippen molar-refractivity contribution in [1.29, 1.82) is 0 Å². The van der Waals surface area contributed by atoms with Crippen LogP contribution in [0.3, 0.4) is 0 Å². The van der Waals surface area contributed by atoms with E-state index in [1.54, 1.807) is 7.11 Å². The van der Waals surface area contributed by atoms with Gasteiger partial charge in [-0.05, 0) is 51.8 Å². The highest BCUT2D eigenvalue weighted by molar-refractivity contribution is 5.57. The third-order valence-electron chi connectivity index (χ3n) is 10.7. The van der Waals surface area contributed by atoms with Crippen LogP contribution in [0.5, 0.6) is 0 Å². The Morgan fingerprint density at radius 1 is 0.610 bits per heavy atom. The highest BCUT2D eigenvalue weighted by Crippen LogP contribution is 2.28. The second-order valence-electron chi connectivity index (χ2n) is 15.0. The minimum atomic E-state index is -0.968. The molecule has 9 heteroatoms. The average Bonchev–Trinajstić information content (AvgIpc) is 3.60. The van der Waals surface area contributed by atoms with Gasteiger partial charge in [-0.25, -0.2) is 0 Å². The minimum absolute atomic E-state index is 0.0463. The summed E-state index contributed by atoms with van der Waals surface area (Å²) < 4.78 is 51.4. The average molecular weight is 801 g/mol. The van der Waals surface area contributed by atoms with E-state index in [1.165, 1.54) is 11.1 Å². The maximum atomic E-state index is 11.3. The van der Waals surface area contributed by atoms with Gasteiger partial charge in [-0.3, -0.25) is 0 Å². The molecule has 1 aliphatic carbocycles. The lowest BCUT2D eigenvalue weighted by Gasteiger charge is -2.34. The molecule has 1 aliphatic heterocycles. The minimum Gasteiger partial charge on any atom is -0.387 e. The quantitative estimate of drug-likeness (QED) is 0.0701. The SMILES string of the molecule is COC1C(OCC(OCc2ccccc2)C(OCc2ccccc2)C(COCc2ccc3c(c2)CCC=C3)OCc2ccccc2)OC(COCc2ccccc2)C1O. The van der Waals surface area contributed by atoms with Gasteiger partial charge in [0.2, 0.25) is 0 Å². The Morgan fingerprint density at radius 2 is 1.15 bits per heavy atom. The van der Waals surface area contributed by atoms with Gasteiger partial charge < -0.3 is 43.0 Å². The van der Waals surface area contributed by atoms with Crippen LogP contribution in [0.25, 0.3) is 6.08 Å². The Kier molecular flexibility index (Phi) is 16.4. The first-order chi connectivity index (χ1) is 29.1. The lowest BCUT2D eigenvalue weighted by atomic mass is 9.96. The van der Waals surface area contributed by atoms with E-state index >= 15 is 0 Å². The molecule has 0 spiro atoms. The number of aliphatic hydroxyl groups excluding tert-OH is 1. The molecule has 7 rings (SSSR count). The Bertz CT molecular complexity index is 1960. The van der Waals surface area contributed by atoms with Crippen LogP contribution in [0.1, 0.15) is 45.4 Å². The van der Waals surface area contributed by atoms with Gasteiger partial charge in [-0.15, -0.1) is 0 Å². The fraction of sp³-hybridized carbons (Fsp3) is 0.360. The van der Waals surface area contributed by atoms with Crippen molar-refractivity contribution in [3.8, 4) is 0 Å². The number of aryl methyl sites for hydroxylation is 1. The monoisotopic (exact) mass is 800 g/mol. The first-order valence-corrected chi connectivity index (χ1v) is 20.5. The Labute approximate surface area is 348 Å². The summed E-state index contributed by atoms with van der Waals surface area (Å²) >= 11 is 0. The van der Waals surface area contributed by atoms with Gasteiger partial charge in [-0.2, -0.15) is 0 Å². The molecule has 0 aromatic heterocycles. The molecular formula is C50H56O9. The Morgan fingerprint density at radius 3 is 1.75 bits per heavy atom. The molecule has 0 saturated carbocycles. The third kappa shape index (κ3) is 12.7. The molecule has 59 heavy (non-hydrogen) atoms. The number of aliphatic hydroxyl groups is 1. The molecule has 7 unspecified atom stereocenters. The number of fused-ring (bicyclic) bond motifs is 1. The molecule has 1 saturated heterocycles. The van der Waals surface area contributed by atoms with Gasteiger partial charge in [0.05, 0.1) is 52.9 Å². The van der Waals surface area contributed by atoms with E-state index in [1.807, 2.05) is 121 Å². The summed E-state index contributed by atoms with van der Waals surface area (Å²) in [6.07, 6.45) is 1.31. The molecule has 310 valence electrons. The summed E-state index contributed by atoms with van der Waals surface area (Å²) in [7, 11) is 1.54. The maximum Gasteiger partial charge on any atom is 0.187 e. The zero-order valence-corrected chi connectivity index (χ0v) is 33.8. The summed E-state index contributed by atoms with van der Waals surface area (Å²) in [5.74, 6) is 0. The van der Waals surface area contributed by atoms with E-state index in [-0.39, 0.29) is 19.8 Å². The molecule has 9 nitrogen and oxygen atoms in total. The highest BCUT2D eigenvalue weighted by atomic mass is 16.7. The van der Waals surface area contributed by atoms with Crippen LogP contribution in [-0.2, 0) is 77.4 Å². The fourth-order valence-electron chi connectivity index (χ4n) is 7.40. The number of benzene rings is 5. The van der Waals surface area contributed by atoms with Crippen molar-refractivity contribution in [2.45, 2.75) is 88.8 Å². The molecule has 0 bridgehead atoms. The van der Waals surface area contributed by atoms with Crippen LogP contribution in [0.15, 0.2) is 146 Å². The molecule has 0 amide bonds. The van der Waals surface area contributed by atoms with Crippen molar-refractivity contribution in [2.75, 3.05) is 26.9 Å². The highest BCUT2D eigenvalue weighted by Gasteiger charge is 2.46.